The van der Waals surface area contributed by atoms with Crippen LogP contribution in [0.5, 0.6) is 0 Å². The second-order valence-corrected chi connectivity index (χ2v) is 8.14. The lowest BCUT2D eigenvalue weighted by Crippen LogP contribution is -2.40. The normalized spacial score (nSPS) is 16.9. The lowest BCUT2D eigenvalue weighted by Gasteiger charge is -2.21. The number of hydrogen-bond donors (Lipinski definition) is 2. The number of guanidine groups is 1. The van der Waals surface area contributed by atoms with E-state index in [0.29, 0.717) is 12.5 Å². The summed E-state index contributed by atoms with van der Waals surface area (Å²) in [5.74, 6) is 2.62. The number of hydrogen-bond acceptors (Lipinski definition) is 3. The minimum Gasteiger partial charge on any atom is -0.376 e. The highest BCUT2D eigenvalue weighted by molar-refractivity contribution is 5.80. The third kappa shape index (κ3) is 6.07. The van der Waals surface area contributed by atoms with Crippen molar-refractivity contribution in [3.8, 4) is 0 Å². The number of benzene rings is 2. The number of ether oxygens (including phenoxy) is 1. The Morgan fingerprint density at radius 1 is 1.19 bits per heavy atom. The zero-order valence-electron chi connectivity index (χ0n) is 18.4. The van der Waals surface area contributed by atoms with Crippen molar-refractivity contribution in [1.29, 1.82) is 0 Å². The first-order valence-corrected chi connectivity index (χ1v) is 11.4. The zero-order valence-corrected chi connectivity index (χ0v) is 18.4. The molecule has 6 heteroatoms. The number of H-pyrrole nitrogens is 1. The van der Waals surface area contributed by atoms with Crippen molar-refractivity contribution in [2.45, 2.75) is 32.8 Å². The number of nitrogens with zero attached hydrogens (tertiary/aromatic N) is 3. The van der Waals surface area contributed by atoms with E-state index in [2.05, 4.69) is 57.4 Å². The molecule has 2 heterocycles. The summed E-state index contributed by atoms with van der Waals surface area (Å²) in [6.07, 6.45) is 3.04. The Kier molecular flexibility index (Phi) is 7.56. The van der Waals surface area contributed by atoms with Gasteiger partial charge in [0.25, 0.3) is 0 Å². The Hall–Kier alpha value is -2.86. The first-order valence-electron chi connectivity index (χ1n) is 11.4. The topological polar surface area (TPSA) is 65.5 Å². The van der Waals surface area contributed by atoms with E-state index >= 15 is 0 Å². The van der Waals surface area contributed by atoms with Crippen LogP contribution in [0, 0.1) is 5.92 Å². The molecule has 3 aromatic rings. The number of rotatable bonds is 9. The largest absolute Gasteiger partial charge is 0.376 e. The van der Waals surface area contributed by atoms with E-state index in [0.717, 1.165) is 74.9 Å². The van der Waals surface area contributed by atoms with Crippen molar-refractivity contribution in [3.05, 3.63) is 66.0 Å². The van der Waals surface area contributed by atoms with Gasteiger partial charge in [0.1, 0.15) is 5.82 Å². The summed E-state index contributed by atoms with van der Waals surface area (Å²) in [7, 11) is 0. The third-order valence-corrected chi connectivity index (χ3v) is 5.66. The maximum atomic E-state index is 5.97. The quantitative estimate of drug-likeness (QED) is 0.313. The van der Waals surface area contributed by atoms with Gasteiger partial charge in [0.15, 0.2) is 5.96 Å². The van der Waals surface area contributed by atoms with Crippen molar-refractivity contribution >= 4 is 17.0 Å². The highest BCUT2D eigenvalue weighted by atomic mass is 16.5. The van der Waals surface area contributed by atoms with Gasteiger partial charge >= 0.3 is 0 Å². The molecule has 1 unspecified atom stereocenters. The van der Waals surface area contributed by atoms with Crippen molar-refractivity contribution in [3.63, 3.8) is 0 Å². The molecule has 1 saturated heterocycles. The van der Waals surface area contributed by atoms with Crippen LogP contribution in [0.4, 0.5) is 0 Å². The molecule has 0 aliphatic carbocycles. The summed E-state index contributed by atoms with van der Waals surface area (Å²) < 4.78 is 5.97. The average Bonchev–Trinajstić information content (AvgIpc) is 3.43. The van der Waals surface area contributed by atoms with Crippen LogP contribution in [0.15, 0.2) is 59.6 Å². The average molecular weight is 420 g/mol. The molecule has 0 amide bonds. The fourth-order valence-corrected chi connectivity index (χ4v) is 4.06. The van der Waals surface area contributed by atoms with Gasteiger partial charge in [-0.05, 0) is 37.5 Å². The summed E-state index contributed by atoms with van der Waals surface area (Å²) >= 11 is 0. The van der Waals surface area contributed by atoms with E-state index in [1.165, 1.54) is 5.56 Å². The molecule has 2 aromatic carbocycles. The fourth-order valence-electron chi connectivity index (χ4n) is 4.06. The molecule has 0 spiro atoms. The first-order chi connectivity index (χ1) is 15.3. The number of fused-ring (bicyclic) bond motifs is 1. The lowest BCUT2D eigenvalue weighted by molar-refractivity contribution is 0.0907. The van der Waals surface area contributed by atoms with E-state index in [9.17, 15) is 0 Å². The molecule has 1 aliphatic heterocycles. The van der Waals surface area contributed by atoms with Crippen molar-refractivity contribution in [1.82, 2.24) is 20.2 Å². The minimum atomic E-state index is 0.558. The smallest absolute Gasteiger partial charge is 0.193 e. The van der Waals surface area contributed by atoms with Crippen LogP contribution in [0.2, 0.25) is 0 Å². The van der Waals surface area contributed by atoms with Gasteiger partial charge < -0.3 is 19.9 Å². The molecule has 4 rings (SSSR count). The number of imidazole rings is 1. The number of nitrogens with one attached hydrogen (secondary N) is 2. The van der Waals surface area contributed by atoms with Gasteiger partial charge in [-0.2, -0.15) is 0 Å². The lowest BCUT2D eigenvalue weighted by atomic mass is 10.1. The molecule has 1 atom stereocenters. The van der Waals surface area contributed by atoms with Crippen LogP contribution < -0.4 is 5.32 Å². The van der Waals surface area contributed by atoms with Crippen LogP contribution >= 0.6 is 0 Å². The molecule has 1 aromatic heterocycles. The first kappa shape index (κ1) is 21.4. The number of aromatic amines is 1. The maximum absolute atomic E-state index is 5.97. The Labute approximate surface area is 184 Å². The highest BCUT2D eigenvalue weighted by Gasteiger charge is 2.24. The van der Waals surface area contributed by atoms with Crippen LogP contribution in [0.1, 0.15) is 31.2 Å². The van der Waals surface area contributed by atoms with Crippen molar-refractivity contribution in [2.75, 3.05) is 32.8 Å². The molecular formula is C25H33N5O. The molecule has 164 valence electrons. The maximum Gasteiger partial charge on any atom is 0.193 e. The SMILES string of the molecule is CCNC(=NCCCc1nc2ccccc2[nH]1)N1CCC(COCc2ccccc2)C1. The minimum absolute atomic E-state index is 0.558. The van der Waals surface area contributed by atoms with E-state index in [1.807, 2.05) is 24.3 Å². The molecule has 2 N–H and O–H groups in total. The molecule has 6 nitrogen and oxygen atoms in total. The second-order valence-electron chi connectivity index (χ2n) is 8.14. The van der Waals surface area contributed by atoms with Gasteiger partial charge in [-0.1, -0.05) is 42.5 Å². The van der Waals surface area contributed by atoms with Gasteiger partial charge in [-0.15, -0.1) is 0 Å². The van der Waals surface area contributed by atoms with Gasteiger partial charge in [0, 0.05) is 38.5 Å². The Morgan fingerprint density at radius 3 is 2.87 bits per heavy atom. The number of para-hydroxylation sites is 2. The molecule has 1 aliphatic rings. The Bertz CT molecular complexity index is 935. The van der Waals surface area contributed by atoms with Crippen LogP contribution in [-0.4, -0.2) is 53.6 Å². The van der Waals surface area contributed by atoms with Crippen LogP contribution in [0.3, 0.4) is 0 Å². The van der Waals surface area contributed by atoms with E-state index in [-0.39, 0.29) is 0 Å². The molecule has 0 bridgehead atoms. The molecule has 31 heavy (non-hydrogen) atoms. The van der Waals surface area contributed by atoms with E-state index < -0.39 is 0 Å². The van der Waals surface area contributed by atoms with Gasteiger partial charge in [0.05, 0.1) is 24.2 Å². The molecule has 0 radical (unpaired) electrons. The molecule has 0 saturated carbocycles. The number of aromatic nitrogens is 2. The van der Waals surface area contributed by atoms with Gasteiger partial charge in [-0.3, -0.25) is 4.99 Å². The number of aliphatic imine (C=N–C) groups is 1. The molecule has 1 fully saturated rings. The third-order valence-electron chi connectivity index (χ3n) is 5.66. The van der Waals surface area contributed by atoms with Gasteiger partial charge in [-0.25, -0.2) is 4.98 Å². The van der Waals surface area contributed by atoms with E-state index in [1.54, 1.807) is 0 Å². The summed E-state index contributed by atoms with van der Waals surface area (Å²) in [5, 5.41) is 3.46. The van der Waals surface area contributed by atoms with Crippen LogP contribution in [0.25, 0.3) is 11.0 Å². The second kappa shape index (κ2) is 11.0. The summed E-state index contributed by atoms with van der Waals surface area (Å²) in [6.45, 7) is 7.34. The standard InChI is InChI=1S/C25H33N5O/c1-2-26-25(27-15-8-13-24-28-22-11-6-7-12-23(22)29-24)30-16-14-21(17-30)19-31-18-20-9-4-3-5-10-20/h3-7,9-12,21H,2,8,13-19H2,1H3,(H,26,27)(H,28,29). The summed E-state index contributed by atoms with van der Waals surface area (Å²) in [5.41, 5.74) is 3.37. The Balaban J connectivity index is 1.22. The van der Waals surface area contributed by atoms with Gasteiger partial charge in [0.2, 0.25) is 0 Å². The number of likely N-dealkylation sites (tertiary alicyclic amines) is 1. The predicted molar refractivity (Wildman–Crippen MR) is 126 cm³/mol. The monoisotopic (exact) mass is 419 g/mol. The van der Waals surface area contributed by atoms with Crippen LogP contribution in [-0.2, 0) is 17.8 Å². The summed E-state index contributed by atoms with van der Waals surface area (Å²) in [4.78, 5) is 15.3. The highest BCUT2D eigenvalue weighted by Crippen LogP contribution is 2.18. The van der Waals surface area contributed by atoms with Crippen molar-refractivity contribution < 1.29 is 4.74 Å². The summed E-state index contributed by atoms with van der Waals surface area (Å²) in [6, 6.07) is 18.6. The zero-order chi connectivity index (χ0) is 21.3. The Morgan fingerprint density at radius 2 is 2.03 bits per heavy atom. The fraction of sp³-hybridized carbons (Fsp3) is 0.440. The van der Waals surface area contributed by atoms with Crippen molar-refractivity contribution in [2.24, 2.45) is 10.9 Å². The number of aryl methyl sites for hydroxylation is 1. The predicted octanol–water partition coefficient (Wildman–Crippen LogP) is 4.00. The van der Waals surface area contributed by atoms with E-state index in [4.69, 9.17) is 9.73 Å². The molecular weight excluding hydrogens is 386 g/mol.